The molecule has 168 valence electrons. The summed E-state index contributed by atoms with van der Waals surface area (Å²) in [7, 11) is 0. The van der Waals surface area contributed by atoms with Gasteiger partial charge in [0.05, 0.1) is 10.8 Å². The van der Waals surface area contributed by atoms with Gasteiger partial charge in [0.25, 0.3) is 0 Å². The van der Waals surface area contributed by atoms with E-state index in [0.29, 0.717) is 11.0 Å². The summed E-state index contributed by atoms with van der Waals surface area (Å²) in [5.74, 6) is -0.510. The first-order chi connectivity index (χ1) is 14.9. The van der Waals surface area contributed by atoms with Gasteiger partial charge in [0.15, 0.2) is 0 Å². The molecule has 0 radical (unpaired) electrons. The quantitative estimate of drug-likeness (QED) is 0.433. The number of carbonyl (C=O) groups is 2. The average Bonchev–Trinajstić information content (AvgIpc) is 3.11. The van der Waals surface area contributed by atoms with Gasteiger partial charge in [0, 0.05) is 6.20 Å². The number of rotatable bonds is 8. The maximum absolute atomic E-state index is 13.4. The lowest BCUT2D eigenvalue weighted by molar-refractivity contribution is -0.147. The van der Waals surface area contributed by atoms with E-state index in [4.69, 9.17) is 11.5 Å². The molecule has 0 aromatic carbocycles. The molecule has 31 heavy (non-hydrogen) atoms. The van der Waals surface area contributed by atoms with Gasteiger partial charge in [-0.3, -0.25) is 9.59 Å². The van der Waals surface area contributed by atoms with Crippen molar-refractivity contribution in [1.29, 1.82) is 0 Å². The Balaban J connectivity index is 1.55. The van der Waals surface area contributed by atoms with Crippen LogP contribution in [0.2, 0.25) is 0 Å². The number of nitrogens with zero attached hydrogens (tertiary/aromatic N) is 2. The fraction of sp³-hybridized carbons (Fsp3) is 0.708. The van der Waals surface area contributed by atoms with Crippen molar-refractivity contribution in [2.45, 2.75) is 63.2 Å². The summed E-state index contributed by atoms with van der Waals surface area (Å²) in [5.41, 5.74) is 11.4. The molecule has 3 aliphatic carbocycles. The molecule has 1 aromatic heterocycles. The fourth-order valence-electron chi connectivity index (χ4n) is 8.17. The normalized spacial score (nSPS) is 35.6. The topological polar surface area (TPSA) is 102 Å². The second-order valence-corrected chi connectivity index (χ2v) is 11.1. The summed E-state index contributed by atoms with van der Waals surface area (Å²) in [6.45, 7) is 3.40. The van der Waals surface area contributed by atoms with E-state index in [1.165, 1.54) is 25.9 Å². The second-order valence-electron chi connectivity index (χ2n) is 10.3. The van der Waals surface area contributed by atoms with E-state index in [0.717, 1.165) is 50.6 Å². The first-order valence-electron chi connectivity index (χ1n) is 11.8. The van der Waals surface area contributed by atoms with Gasteiger partial charge < -0.3 is 16.4 Å². The van der Waals surface area contributed by atoms with Crippen LogP contribution in [0, 0.1) is 22.7 Å². The van der Waals surface area contributed by atoms with Crippen molar-refractivity contribution < 1.29 is 9.59 Å². The maximum atomic E-state index is 13.4. The Morgan fingerprint density at radius 3 is 2.35 bits per heavy atom. The Morgan fingerprint density at radius 1 is 1.06 bits per heavy atom. The molecule has 4 N–H and O–H groups in total. The molecular formula is C24H33BrN4O2. The highest BCUT2D eigenvalue weighted by atomic mass is 79.9. The first-order valence-corrected chi connectivity index (χ1v) is 12.6. The minimum absolute atomic E-state index is 0.0477. The molecule has 7 heteroatoms. The highest BCUT2D eigenvalue weighted by molar-refractivity contribution is 9.10. The van der Waals surface area contributed by atoms with Crippen LogP contribution < -0.4 is 11.5 Å². The molecule has 1 saturated heterocycles. The van der Waals surface area contributed by atoms with Crippen LogP contribution in [0.3, 0.4) is 0 Å². The number of likely N-dealkylation sites (tertiary alicyclic amines) is 1. The summed E-state index contributed by atoms with van der Waals surface area (Å²) in [6.07, 6.45) is 10.9. The standard InChI is InChI=1S/C24H33BrN4O2/c25-19-8-5-16(15-28-19)24(21(27)31)18-7-6-17(22(18)10-11-22)23(24,20(26)30)9-1-2-12-29-13-3-4-14-29/h5,8,15,17-18H,1-4,6-7,9-14H2,(H2,26,30)(H2,27,31)/t17-,18+,23+,24-/m1/s1. The molecule has 1 aliphatic heterocycles. The van der Waals surface area contributed by atoms with Crippen LogP contribution in [0.1, 0.15) is 63.4 Å². The summed E-state index contributed by atoms with van der Waals surface area (Å²) < 4.78 is 0.704. The van der Waals surface area contributed by atoms with Crippen LogP contribution in [0.15, 0.2) is 22.9 Å². The zero-order chi connectivity index (χ0) is 21.9. The van der Waals surface area contributed by atoms with Crippen molar-refractivity contribution in [3.8, 4) is 0 Å². The van der Waals surface area contributed by atoms with Gasteiger partial charge in [-0.15, -0.1) is 0 Å². The summed E-state index contributed by atoms with van der Waals surface area (Å²) >= 11 is 3.40. The third-order valence-electron chi connectivity index (χ3n) is 9.29. The minimum atomic E-state index is -1.06. The maximum Gasteiger partial charge on any atom is 0.229 e. The van der Waals surface area contributed by atoms with Gasteiger partial charge in [0.2, 0.25) is 11.8 Å². The summed E-state index contributed by atoms with van der Waals surface area (Å²) in [5, 5.41) is 0. The fourth-order valence-corrected chi connectivity index (χ4v) is 8.41. The van der Waals surface area contributed by atoms with E-state index in [1.54, 1.807) is 6.20 Å². The number of aromatic nitrogens is 1. The first kappa shape index (κ1) is 21.4. The lowest BCUT2D eigenvalue weighted by Gasteiger charge is -2.50. The SMILES string of the molecule is NC(=O)[C@]1(CCCCN2CCCC2)[C@@H]2CC[C@@H](C23CC3)[C@@]1(C(N)=O)c1ccc(Br)nc1. The molecule has 2 heterocycles. The van der Waals surface area contributed by atoms with E-state index >= 15 is 0 Å². The molecule has 2 bridgehead atoms. The van der Waals surface area contributed by atoms with E-state index in [9.17, 15) is 9.59 Å². The van der Waals surface area contributed by atoms with Crippen LogP contribution in [0.25, 0.3) is 0 Å². The van der Waals surface area contributed by atoms with Crippen LogP contribution in [0.4, 0.5) is 0 Å². The zero-order valence-corrected chi connectivity index (χ0v) is 19.7. The Labute approximate surface area is 192 Å². The lowest BCUT2D eigenvalue weighted by Crippen LogP contribution is -2.63. The number of hydrogen-bond donors (Lipinski definition) is 2. The number of halogens is 1. The number of pyridine rings is 1. The predicted octanol–water partition coefficient (Wildman–Crippen LogP) is 3.13. The van der Waals surface area contributed by atoms with E-state index in [1.807, 2.05) is 12.1 Å². The summed E-state index contributed by atoms with van der Waals surface area (Å²) in [4.78, 5) is 33.8. The van der Waals surface area contributed by atoms with Crippen molar-refractivity contribution in [1.82, 2.24) is 9.88 Å². The number of nitrogens with two attached hydrogens (primary N) is 2. The highest BCUT2D eigenvalue weighted by Crippen LogP contribution is 2.82. The zero-order valence-electron chi connectivity index (χ0n) is 18.1. The average molecular weight is 489 g/mol. The molecule has 2 amide bonds. The Hall–Kier alpha value is -1.47. The van der Waals surface area contributed by atoms with Crippen LogP contribution in [-0.2, 0) is 15.0 Å². The number of carbonyl (C=O) groups excluding carboxylic acids is 2. The molecule has 4 fully saturated rings. The molecule has 0 unspecified atom stereocenters. The molecule has 1 spiro atoms. The Kier molecular flexibility index (Phi) is 5.20. The number of amides is 2. The molecule has 4 aliphatic rings. The minimum Gasteiger partial charge on any atom is -0.369 e. The van der Waals surface area contributed by atoms with Gasteiger partial charge in [-0.05, 0) is 116 Å². The molecule has 5 rings (SSSR count). The molecule has 3 saturated carbocycles. The third-order valence-corrected chi connectivity index (χ3v) is 9.75. The van der Waals surface area contributed by atoms with Crippen molar-refractivity contribution in [3.63, 3.8) is 0 Å². The van der Waals surface area contributed by atoms with Crippen molar-refractivity contribution in [2.24, 2.45) is 34.1 Å². The van der Waals surface area contributed by atoms with E-state index in [-0.39, 0.29) is 23.2 Å². The lowest BCUT2D eigenvalue weighted by atomic mass is 9.51. The van der Waals surface area contributed by atoms with Crippen LogP contribution >= 0.6 is 15.9 Å². The summed E-state index contributed by atoms with van der Waals surface area (Å²) in [6, 6.07) is 3.78. The monoisotopic (exact) mass is 488 g/mol. The number of primary amides is 2. The van der Waals surface area contributed by atoms with Crippen molar-refractivity contribution >= 4 is 27.7 Å². The predicted molar refractivity (Wildman–Crippen MR) is 122 cm³/mol. The van der Waals surface area contributed by atoms with Gasteiger partial charge in [-0.1, -0.05) is 12.5 Å². The second kappa shape index (κ2) is 7.55. The van der Waals surface area contributed by atoms with Gasteiger partial charge in [-0.2, -0.15) is 0 Å². The number of hydrogen-bond acceptors (Lipinski definition) is 4. The van der Waals surface area contributed by atoms with Crippen molar-refractivity contribution in [3.05, 3.63) is 28.5 Å². The largest absolute Gasteiger partial charge is 0.369 e. The smallest absolute Gasteiger partial charge is 0.229 e. The molecule has 6 nitrogen and oxygen atoms in total. The highest BCUT2D eigenvalue weighted by Gasteiger charge is 2.83. The van der Waals surface area contributed by atoms with Gasteiger partial charge >= 0.3 is 0 Å². The van der Waals surface area contributed by atoms with Crippen LogP contribution in [-0.4, -0.2) is 41.3 Å². The number of unbranched alkanes of at least 4 members (excludes halogenated alkanes) is 1. The molecule has 1 aromatic rings. The van der Waals surface area contributed by atoms with Crippen LogP contribution in [0.5, 0.6) is 0 Å². The molecular weight excluding hydrogens is 456 g/mol. The van der Waals surface area contributed by atoms with Gasteiger partial charge in [0.1, 0.15) is 4.60 Å². The van der Waals surface area contributed by atoms with Crippen molar-refractivity contribution in [2.75, 3.05) is 19.6 Å². The Bertz CT molecular complexity index is 880. The van der Waals surface area contributed by atoms with Gasteiger partial charge in [-0.25, -0.2) is 4.98 Å². The van der Waals surface area contributed by atoms with E-state index < -0.39 is 16.7 Å². The Morgan fingerprint density at radius 2 is 1.77 bits per heavy atom. The van der Waals surface area contributed by atoms with E-state index in [2.05, 4.69) is 25.8 Å². The molecule has 4 atom stereocenters. The third kappa shape index (κ3) is 2.81.